The molecular weight excluding hydrogens is 374 g/mol. The van der Waals surface area contributed by atoms with Crippen molar-refractivity contribution in [2.24, 2.45) is 5.92 Å². The van der Waals surface area contributed by atoms with Crippen molar-refractivity contribution >= 4 is 11.9 Å². The number of carboxylic acid groups (broad SMARTS) is 1. The molecule has 30 heavy (non-hydrogen) atoms. The summed E-state index contributed by atoms with van der Waals surface area (Å²) in [4.78, 5) is 25.3. The fourth-order valence-corrected chi connectivity index (χ4v) is 3.87. The molecule has 0 heterocycles. The molecule has 0 radical (unpaired) electrons. The maximum Gasteiger partial charge on any atom is 0.307 e. The van der Waals surface area contributed by atoms with Crippen molar-refractivity contribution in [2.75, 3.05) is 13.1 Å². The molecule has 176 valence electrons. The molecule has 0 saturated heterocycles. The van der Waals surface area contributed by atoms with Gasteiger partial charge in [-0.15, -0.1) is 0 Å². The summed E-state index contributed by atoms with van der Waals surface area (Å²) in [6, 6.07) is 0. The SMILES string of the molecule is CCCCCCCC/C=C/CCCCCCCCC(CC(=O)N(CC)CC)C(=O)O. The van der Waals surface area contributed by atoms with Gasteiger partial charge in [-0.3, -0.25) is 9.59 Å². The van der Waals surface area contributed by atoms with Crippen LogP contribution in [0.1, 0.15) is 124 Å². The number of carboxylic acids is 1. The molecular formula is C26H49NO3. The van der Waals surface area contributed by atoms with Crippen molar-refractivity contribution in [1.29, 1.82) is 0 Å². The average Bonchev–Trinajstić information content (AvgIpc) is 2.73. The molecule has 0 aromatic carbocycles. The van der Waals surface area contributed by atoms with Gasteiger partial charge in [0.2, 0.25) is 5.91 Å². The van der Waals surface area contributed by atoms with Crippen LogP contribution in [-0.2, 0) is 9.59 Å². The molecule has 0 aromatic heterocycles. The van der Waals surface area contributed by atoms with Crippen molar-refractivity contribution in [3.8, 4) is 0 Å². The highest BCUT2D eigenvalue weighted by molar-refractivity contribution is 5.82. The summed E-state index contributed by atoms with van der Waals surface area (Å²) in [5.74, 6) is -1.39. The van der Waals surface area contributed by atoms with Gasteiger partial charge in [0.15, 0.2) is 0 Å². The minimum absolute atomic E-state index is 0.0306. The fourth-order valence-electron chi connectivity index (χ4n) is 3.87. The third-order valence-corrected chi connectivity index (χ3v) is 5.95. The summed E-state index contributed by atoms with van der Waals surface area (Å²) >= 11 is 0. The Labute approximate surface area is 186 Å². The van der Waals surface area contributed by atoms with Crippen LogP contribution in [0.25, 0.3) is 0 Å². The topological polar surface area (TPSA) is 57.6 Å². The lowest BCUT2D eigenvalue weighted by Crippen LogP contribution is -2.33. The standard InChI is InChI=1S/C26H49NO3/c1-4-7-8-9-10-11-12-13-14-15-16-17-18-19-20-21-22-24(26(29)30)23-25(28)27(5-2)6-3/h13-14,24H,4-12,15-23H2,1-3H3,(H,29,30)/b14-13+. The second-order valence-corrected chi connectivity index (χ2v) is 8.53. The molecule has 0 aliphatic heterocycles. The number of aliphatic carboxylic acids is 1. The molecule has 0 saturated carbocycles. The molecule has 0 spiro atoms. The largest absolute Gasteiger partial charge is 0.481 e. The Morgan fingerprint density at radius 1 is 0.733 bits per heavy atom. The molecule has 4 heteroatoms. The van der Waals surface area contributed by atoms with Gasteiger partial charge in [-0.05, 0) is 46.0 Å². The first-order valence-corrected chi connectivity index (χ1v) is 12.7. The van der Waals surface area contributed by atoms with E-state index in [1.54, 1.807) is 4.90 Å². The third-order valence-electron chi connectivity index (χ3n) is 5.95. The van der Waals surface area contributed by atoms with Gasteiger partial charge in [0.25, 0.3) is 0 Å². The van der Waals surface area contributed by atoms with Crippen molar-refractivity contribution in [3.63, 3.8) is 0 Å². The summed E-state index contributed by atoms with van der Waals surface area (Å²) in [7, 11) is 0. The van der Waals surface area contributed by atoms with Crippen LogP contribution >= 0.6 is 0 Å². The van der Waals surface area contributed by atoms with E-state index in [0.29, 0.717) is 19.5 Å². The van der Waals surface area contributed by atoms with Crippen LogP contribution in [0.2, 0.25) is 0 Å². The molecule has 0 fully saturated rings. The zero-order valence-corrected chi connectivity index (χ0v) is 20.2. The smallest absolute Gasteiger partial charge is 0.307 e. The Kier molecular flexibility index (Phi) is 20.0. The maximum atomic E-state index is 12.1. The fraction of sp³-hybridized carbons (Fsp3) is 0.846. The van der Waals surface area contributed by atoms with E-state index in [9.17, 15) is 14.7 Å². The van der Waals surface area contributed by atoms with E-state index in [1.807, 2.05) is 13.8 Å². The van der Waals surface area contributed by atoms with Crippen LogP contribution in [0, 0.1) is 5.92 Å². The van der Waals surface area contributed by atoms with Crippen LogP contribution in [0.15, 0.2) is 12.2 Å². The van der Waals surface area contributed by atoms with E-state index >= 15 is 0 Å². The summed E-state index contributed by atoms with van der Waals surface area (Å²) in [6.45, 7) is 7.42. The molecule has 0 rings (SSSR count). The number of allylic oxidation sites excluding steroid dienone is 2. The minimum atomic E-state index is -0.830. The highest BCUT2D eigenvalue weighted by Gasteiger charge is 2.22. The highest BCUT2D eigenvalue weighted by atomic mass is 16.4. The van der Waals surface area contributed by atoms with E-state index in [1.165, 1.54) is 70.6 Å². The van der Waals surface area contributed by atoms with Gasteiger partial charge in [0.05, 0.1) is 5.92 Å². The van der Waals surface area contributed by atoms with Crippen LogP contribution in [0.3, 0.4) is 0 Å². The van der Waals surface area contributed by atoms with Crippen LogP contribution in [0.4, 0.5) is 0 Å². The van der Waals surface area contributed by atoms with Crippen molar-refractivity contribution in [1.82, 2.24) is 4.90 Å². The van der Waals surface area contributed by atoms with Crippen LogP contribution < -0.4 is 0 Å². The van der Waals surface area contributed by atoms with Crippen LogP contribution in [-0.4, -0.2) is 35.0 Å². The number of hydrogen-bond donors (Lipinski definition) is 1. The number of amides is 1. The molecule has 0 aliphatic carbocycles. The molecule has 0 aliphatic rings. The third kappa shape index (κ3) is 16.5. The Bertz CT molecular complexity index is 444. The zero-order chi connectivity index (χ0) is 22.5. The van der Waals surface area contributed by atoms with E-state index in [2.05, 4.69) is 19.1 Å². The second kappa shape index (κ2) is 20.9. The summed E-state index contributed by atoms with van der Waals surface area (Å²) in [5.41, 5.74) is 0. The minimum Gasteiger partial charge on any atom is -0.481 e. The van der Waals surface area contributed by atoms with E-state index < -0.39 is 11.9 Å². The maximum absolute atomic E-state index is 12.1. The van der Waals surface area contributed by atoms with E-state index in [4.69, 9.17) is 0 Å². The van der Waals surface area contributed by atoms with Crippen LogP contribution in [0.5, 0.6) is 0 Å². The lowest BCUT2D eigenvalue weighted by Gasteiger charge is -2.21. The number of nitrogens with zero attached hydrogens (tertiary/aromatic N) is 1. The van der Waals surface area contributed by atoms with Gasteiger partial charge in [-0.25, -0.2) is 0 Å². The van der Waals surface area contributed by atoms with Gasteiger partial charge < -0.3 is 10.0 Å². The quantitative estimate of drug-likeness (QED) is 0.155. The first-order valence-electron chi connectivity index (χ1n) is 12.7. The van der Waals surface area contributed by atoms with E-state index in [0.717, 1.165) is 19.3 Å². The lowest BCUT2D eigenvalue weighted by atomic mass is 9.96. The van der Waals surface area contributed by atoms with Crippen molar-refractivity contribution in [2.45, 2.75) is 124 Å². The Balaban J connectivity index is 3.63. The predicted octanol–water partition coefficient (Wildman–Crippen LogP) is 7.37. The van der Waals surface area contributed by atoms with Gasteiger partial charge in [-0.2, -0.15) is 0 Å². The van der Waals surface area contributed by atoms with Gasteiger partial charge >= 0.3 is 5.97 Å². The zero-order valence-electron chi connectivity index (χ0n) is 20.2. The molecule has 0 bridgehead atoms. The number of hydrogen-bond acceptors (Lipinski definition) is 2. The van der Waals surface area contributed by atoms with Crippen molar-refractivity contribution < 1.29 is 14.7 Å². The van der Waals surface area contributed by atoms with E-state index in [-0.39, 0.29) is 12.3 Å². The van der Waals surface area contributed by atoms with Gasteiger partial charge in [0, 0.05) is 19.5 Å². The monoisotopic (exact) mass is 423 g/mol. The van der Waals surface area contributed by atoms with Crippen molar-refractivity contribution in [3.05, 3.63) is 12.2 Å². The second-order valence-electron chi connectivity index (χ2n) is 8.53. The molecule has 1 N–H and O–H groups in total. The Morgan fingerprint density at radius 3 is 1.67 bits per heavy atom. The molecule has 1 amide bonds. The Morgan fingerprint density at radius 2 is 1.20 bits per heavy atom. The van der Waals surface area contributed by atoms with Gasteiger partial charge in [0.1, 0.15) is 0 Å². The van der Waals surface area contributed by atoms with Gasteiger partial charge in [-0.1, -0.05) is 83.3 Å². The summed E-state index contributed by atoms with van der Waals surface area (Å²) in [5, 5.41) is 9.40. The first kappa shape index (κ1) is 28.7. The number of carbonyl (C=O) groups is 2. The molecule has 4 nitrogen and oxygen atoms in total. The predicted molar refractivity (Wildman–Crippen MR) is 128 cm³/mol. The molecule has 1 atom stereocenters. The number of rotatable bonds is 21. The molecule has 0 aromatic rings. The number of unbranched alkanes of at least 4 members (excludes halogenated alkanes) is 12. The molecule has 1 unspecified atom stereocenters. The number of carbonyl (C=O) groups excluding carboxylic acids is 1. The summed E-state index contributed by atoms with van der Waals surface area (Å²) < 4.78 is 0. The normalized spacial score (nSPS) is 12.4. The first-order chi connectivity index (χ1) is 14.6. The summed E-state index contributed by atoms with van der Waals surface area (Å²) in [6.07, 6.45) is 22.9. The highest BCUT2D eigenvalue weighted by Crippen LogP contribution is 2.17. The lowest BCUT2D eigenvalue weighted by molar-refractivity contribution is -0.146. The Hall–Kier alpha value is -1.32. The average molecular weight is 424 g/mol.